The van der Waals surface area contributed by atoms with Gasteiger partial charge in [0.1, 0.15) is 0 Å². The Morgan fingerprint density at radius 2 is 2.29 bits per heavy atom. The highest BCUT2D eigenvalue weighted by molar-refractivity contribution is 7.50. The molecule has 0 bridgehead atoms. The molecule has 0 rings (SSSR count). The van der Waals surface area contributed by atoms with Gasteiger partial charge in [0.05, 0.1) is 0 Å². The van der Waals surface area contributed by atoms with Gasteiger partial charge in [0, 0.05) is 8.15 Å². The molecule has 1 unspecified atom stereocenters. The van der Waals surface area contributed by atoms with Crippen molar-refractivity contribution in [2.24, 2.45) is 5.73 Å². The van der Waals surface area contributed by atoms with Gasteiger partial charge in [-0.15, -0.1) is 0 Å². The van der Waals surface area contributed by atoms with Crippen molar-refractivity contribution in [2.45, 2.75) is 6.42 Å². The first kappa shape index (κ1) is 7.35. The van der Waals surface area contributed by atoms with E-state index >= 15 is 0 Å². The smallest absolute Gasteiger partial charge is 0.0220 e. The summed E-state index contributed by atoms with van der Waals surface area (Å²) < 4.78 is 0. The Labute approximate surface area is 45.6 Å². The molecule has 0 aliphatic heterocycles. The van der Waals surface area contributed by atoms with Crippen molar-refractivity contribution in [1.82, 2.24) is 0 Å². The molecule has 0 aromatic carbocycles. The highest BCUT2D eigenvalue weighted by Crippen LogP contribution is 2.23. The first-order valence-electron chi connectivity index (χ1n) is 2.37. The van der Waals surface area contributed by atoms with Crippen molar-refractivity contribution < 1.29 is 4.89 Å². The summed E-state index contributed by atoms with van der Waals surface area (Å²) in [4.78, 5) is 8.69. The third-order valence-electron chi connectivity index (χ3n) is 0.686. The van der Waals surface area contributed by atoms with Crippen LogP contribution in [0.1, 0.15) is 6.42 Å². The van der Waals surface area contributed by atoms with Gasteiger partial charge in [-0.2, -0.15) is 0 Å². The van der Waals surface area contributed by atoms with Gasteiger partial charge >= 0.3 is 0 Å². The number of rotatable bonds is 3. The lowest BCUT2D eigenvalue weighted by molar-refractivity contribution is 0.626. The fourth-order valence-electron chi connectivity index (χ4n) is 0.320. The molecule has 0 fully saturated rings. The maximum Gasteiger partial charge on any atom is 0.0220 e. The standard InChI is InChI=1S/C4H12NOP/c1-7(6)4-2-3-5/h6H,2-5H2,1H3. The van der Waals surface area contributed by atoms with Gasteiger partial charge in [-0.25, -0.2) is 0 Å². The van der Waals surface area contributed by atoms with E-state index in [0.717, 1.165) is 12.6 Å². The fourth-order valence-corrected chi connectivity index (χ4v) is 0.960. The molecule has 0 saturated heterocycles. The summed E-state index contributed by atoms with van der Waals surface area (Å²) in [5, 5.41) is 0. The van der Waals surface area contributed by atoms with E-state index in [9.17, 15) is 0 Å². The third kappa shape index (κ3) is 6.35. The molecule has 0 aliphatic carbocycles. The molecule has 1 atom stereocenters. The molecule has 0 saturated carbocycles. The Bertz CT molecular complexity index is 40.7. The lowest BCUT2D eigenvalue weighted by atomic mass is 10.5. The average molecular weight is 121 g/mol. The van der Waals surface area contributed by atoms with Crippen molar-refractivity contribution in [1.29, 1.82) is 0 Å². The Balaban J connectivity index is 2.68. The van der Waals surface area contributed by atoms with E-state index in [0.29, 0.717) is 6.54 Å². The van der Waals surface area contributed by atoms with Crippen LogP contribution >= 0.6 is 8.15 Å². The van der Waals surface area contributed by atoms with Crippen LogP contribution in [0.15, 0.2) is 0 Å². The second-order valence-corrected chi connectivity index (χ2v) is 3.29. The number of hydrogen-bond acceptors (Lipinski definition) is 2. The van der Waals surface area contributed by atoms with E-state index < -0.39 is 8.15 Å². The minimum absolute atomic E-state index is 0.686. The van der Waals surface area contributed by atoms with Crippen LogP contribution in [-0.4, -0.2) is 24.3 Å². The topological polar surface area (TPSA) is 46.2 Å². The van der Waals surface area contributed by atoms with Crippen LogP contribution in [0.5, 0.6) is 0 Å². The quantitative estimate of drug-likeness (QED) is 0.529. The molecule has 2 nitrogen and oxygen atoms in total. The zero-order valence-electron chi connectivity index (χ0n) is 4.59. The van der Waals surface area contributed by atoms with Gasteiger partial charge in [0.25, 0.3) is 0 Å². The fraction of sp³-hybridized carbons (Fsp3) is 1.00. The zero-order valence-corrected chi connectivity index (χ0v) is 5.49. The van der Waals surface area contributed by atoms with Crippen molar-refractivity contribution in [3.05, 3.63) is 0 Å². The summed E-state index contributed by atoms with van der Waals surface area (Å²) in [6.45, 7) is 2.54. The van der Waals surface area contributed by atoms with Crippen LogP contribution in [0, 0.1) is 0 Å². The van der Waals surface area contributed by atoms with Crippen molar-refractivity contribution in [3.63, 3.8) is 0 Å². The second-order valence-electron chi connectivity index (χ2n) is 1.52. The van der Waals surface area contributed by atoms with Gasteiger partial charge in [0.15, 0.2) is 0 Å². The van der Waals surface area contributed by atoms with Crippen LogP contribution in [0.4, 0.5) is 0 Å². The number of hydrogen-bond donors (Lipinski definition) is 2. The molecule has 0 amide bonds. The minimum Gasteiger partial charge on any atom is -0.374 e. The molecule has 3 N–H and O–H groups in total. The monoisotopic (exact) mass is 121 g/mol. The zero-order chi connectivity index (χ0) is 5.70. The Hall–Kier alpha value is 0.350. The highest BCUT2D eigenvalue weighted by atomic mass is 31.1. The Kier molecular flexibility index (Phi) is 4.73. The predicted molar refractivity (Wildman–Crippen MR) is 33.6 cm³/mol. The first-order chi connectivity index (χ1) is 3.27. The molecule has 0 heterocycles. The van der Waals surface area contributed by atoms with Crippen molar-refractivity contribution >= 4 is 8.15 Å². The van der Waals surface area contributed by atoms with Gasteiger partial charge in [-0.1, -0.05) is 0 Å². The van der Waals surface area contributed by atoms with Crippen molar-refractivity contribution in [3.8, 4) is 0 Å². The average Bonchev–Trinajstić information content (AvgIpc) is 1.61. The molecule has 44 valence electrons. The summed E-state index contributed by atoms with van der Waals surface area (Å²) in [5.41, 5.74) is 5.18. The van der Waals surface area contributed by atoms with Gasteiger partial charge in [0.2, 0.25) is 0 Å². The first-order valence-corrected chi connectivity index (χ1v) is 4.30. The normalized spacial score (nSPS) is 14.1. The number of nitrogens with two attached hydrogens (primary N) is 1. The van der Waals surface area contributed by atoms with Gasteiger partial charge < -0.3 is 10.6 Å². The molecule has 3 heteroatoms. The summed E-state index contributed by atoms with van der Waals surface area (Å²) in [5.74, 6) is 0. The lowest BCUT2D eigenvalue weighted by Gasteiger charge is -1.98. The highest BCUT2D eigenvalue weighted by Gasteiger charge is 1.90. The molecule has 0 aromatic rings. The molecule has 0 spiro atoms. The maximum atomic E-state index is 8.69. The van der Waals surface area contributed by atoms with Crippen LogP contribution in [0.25, 0.3) is 0 Å². The molecule has 0 aliphatic rings. The third-order valence-corrected chi connectivity index (χ3v) is 1.65. The van der Waals surface area contributed by atoms with E-state index in [1.807, 2.05) is 6.66 Å². The SMILES string of the molecule is CP(O)CCCN. The van der Waals surface area contributed by atoms with Crippen LogP contribution in [0.3, 0.4) is 0 Å². The minimum atomic E-state index is -0.686. The van der Waals surface area contributed by atoms with E-state index in [1.54, 1.807) is 0 Å². The van der Waals surface area contributed by atoms with E-state index in [-0.39, 0.29) is 0 Å². The molecule has 0 radical (unpaired) electrons. The van der Waals surface area contributed by atoms with Crippen LogP contribution in [0.2, 0.25) is 0 Å². The summed E-state index contributed by atoms with van der Waals surface area (Å²) >= 11 is 0. The second kappa shape index (κ2) is 4.51. The van der Waals surface area contributed by atoms with Crippen LogP contribution < -0.4 is 5.73 Å². The van der Waals surface area contributed by atoms with Gasteiger partial charge in [-0.3, -0.25) is 0 Å². The van der Waals surface area contributed by atoms with Crippen LogP contribution in [-0.2, 0) is 0 Å². The van der Waals surface area contributed by atoms with E-state index in [2.05, 4.69) is 0 Å². The Morgan fingerprint density at radius 3 is 2.43 bits per heavy atom. The maximum absolute atomic E-state index is 8.69. The molecule has 7 heavy (non-hydrogen) atoms. The predicted octanol–water partition coefficient (Wildman–Crippen LogP) is 0.354. The molecular formula is C4H12NOP. The van der Waals surface area contributed by atoms with E-state index in [1.165, 1.54) is 0 Å². The summed E-state index contributed by atoms with van der Waals surface area (Å²) in [7, 11) is -0.686. The lowest BCUT2D eigenvalue weighted by Crippen LogP contribution is -1.99. The van der Waals surface area contributed by atoms with Gasteiger partial charge in [-0.05, 0) is 25.8 Å². The largest absolute Gasteiger partial charge is 0.374 e. The molecule has 0 aromatic heterocycles. The summed E-state index contributed by atoms with van der Waals surface area (Å²) in [6.07, 6.45) is 1.85. The van der Waals surface area contributed by atoms with Crippen molar-refractivity contribution in [2.75, 3.05) is 19.4 Å². The Morgan fingerprint density at radius 1 is 1.71 bits per heavy atom. The molecular weight excluding hydrogens is 109 g/mol. The summed E-state index contributed by atoms with van der Waals surface area (Å²) in [6, 6.07) is 0. The van der Waals surface area contributed by atoms with E-state index in [4.69, 9.17) is 10.6 Å².